The van der Waals surface area contributed by atoms with Crippen LogP contribution in [0.15, 0.2) is 24.4 Å². The molecule has 0 fully saturated rings. The molecule has 0 spiro atoms. The van der Waals surface area contributed by atoms with Crippen LogP contribution in [0.5, 0.6) is 0 Å². The number of aryl methyl sites for hydroxylation is 3. The van der Waals surface area contributed by atoms with Gasteiger partial charge in [-0.1, -0.05) is 0 Å². The van der Waals surface area contributed by atoms with E-state index in [-0.39, 0.29) is 5.91 Å². The Labute approximate surface area is 116 Å². The zero-order valence-corrected chi connectivity index (χ0v) is 11.6. The maximum atomic E-state index is 12.6. The van der Waals surface area contributed by atoms with Gasteiger partial charge in [-0.25, -0.2) is 4.98 Å². The summed E-state index contributed by atoms with van der Waals surface area (Å²) in [6, 6.07) is 4.60. The molecule has 106 valence electrons. The van der Waals surface area contributed by atoms with Crippen molar-refractivity contribution in [2.45, 2.75) is 26.8 Å². The van der Waals surface area contributed by atoms with Crippen molar-refractivity contribution >= 4 is 5.91 Å². The highest BCUT2D eigenvalue weighted by atomic mass is 19.1. The zero-order valence-electron chi connectivity index (χ0n) is 11.6. The summed E-state index contributed by atoms with van der Waals surface area (Å²) in [6.07, 6.45) is 2.01. The van der Waals surface area contributed by atoms with E-state index in [4.69, 9.17) is 0 Å². The van der Waals surface area contributed by atoms with Gasteiger partial charge in [-0.3, -0.25) is 9.48 Å². The number of halogens is 1. The molecule has 0 aliphatic heterocycles. The molecule has 1 amide bonds. The van der Waals surface area contributed by atoms with Crippen LogP contribution in [0.25, 0.3) is 0 Å². The Morgan fingerprint density at radius 3 is 2.80 bits per heavy atom. The molecule has 0 atom stereocenters. The quantitative estimate of drug-likeness (QED) is 0.669. The predicted octanol–water partition coefficient (Wildman–Crippen LogP) is 1.85. The molecule has 0 aliphatic rings. The van der Waals surface area contributed by atoms with Crippen molar-refractivity contribution < 1.29 is 9.18 Å². The lowest BCUT2D eigenvalue weighted by molar-refractivity contribution is 0.0952. The lowest BCUT2D eigenvalue weighted by atomic mass is 10.2. The fraction of sp³-hybridized carbons (Fsp3) is 0.357. The van der Waals surface area contributed by atoms with Gasteiger partial charge in [-0.15, -0.1) is 0 Å². The van der Waals surface area contributed by atoms with Crippen molar-refractivity contribution in [1.82, 2.24) is 20.1 Å². The number of aromatic nitrogens is 3. The van der Waals surface area contributed by atoms with Gasteiger partial charge in [-0.05, 0) is 38.5 Å². The van der Waals surface area contributed by atoms with Gasteiger partial charge >= 0.3 is 0 Å². The molecule has 2 aromatic heterocycles. The van der Waals surface area contributed by atoms with Crippen LogP contribution in [0.4, 0.5) is 4.39 Å². The first-order valence-corrected chi connectivity index (χ1v) is 6.47. The number of pyridine rings is 1. The number of hydrogen-bond donors (Lipinski definition) is 1. The highest BCUT2D eigenvalue weighted by Gasteiger charge is 2.06. The van der Waals surface area contributed by atoms with Crippen molar-refractivity contribution in [3.63, 3.8) is 0 Å². The minimum atomic E-state index is -0.592. The van der Waals surface area contributed by atoms with Gasteiger partial charge in [-0.2, -0.15) is 9.49 Å². The SMILES string of the molecule is Cc1cc(C)n(CCCNC(=O)c2ccc(F)nc2)n1. The van der Waals surface area contributed by atoms with Crippen LogP contribution in [0, 0.1) is 19.8 Å². The molecule has 0 saturated heterocycles. The van der Waals surface area contributed by atoms with Crippen molar-refractivity contribution in [2.75, 3.05) is 6.54 Å². The molecule has 2 aromatic rings. The van der Waals surface area contributed by atoms with Crippen molar-refractivity contribution in [2.24, 2.45) is 0 Å². The molecule has 20 heavy (non-hydrogen) atoms. The molecule has 0 unspecified atom stereocenters. The third-order valence-corrected chi connectivity index (χ3v) is 2.93. The Kier molecular flexibility index (Phi) is 4.45. The van der Waals surface area contributed by atoms with Crippen LogP contribution >= 0.6 is 0 Å². The van der Waals surface area contributed by atoms with Crippen molar-refractivity contribution in [1.29, 1.82) is 0 Å². The number of nitrogens with zero attached hydrogens (tertiary/aromatic N) is 3. The number of rotatable bonds is 5. The molecule has 0 aliphatic carbocycles. The maximum absolute atomic E-state index is 12.6. The lowest BCUT2D eigenvalue weighted by Gasteiger charge is -2.06. The van der Waals surface area contributed by atoms with E-state index in [0.29, 0.717) is 12.1 Å². The summed E-state index contributed by atoms with van der Waals surface area (Å²) < 4.78 is 14.5. The second-order valence-electron chi connectivity index (χ2n) is 4.63. The molecule has 5 nitrogen and oxygen atoms in total. The van der Waals surface area contributed by atoms with Gasteiger partial charge < -0.3 is 5.32 Å². The summed E-state index contributed by atoms with van der Waals surface area (Å²) in [6.45, 7) is 5.24. The van der Waals surface area contributed by atoms with E-state index in [2.05, 4.69) is 15.4 Å². The Hall–Kier alpha value is -2.24. The van der Waals surface area contributed by atoms with E-state index in [1.54, 1.807) is 0 Å². The van der Waals surface area contributed by atoms with Gasteiger partial charge in [0.2, 0.25) is 5.95 Å². The van der Waals surface area contributed by atoms with E-state index in [1.165, 1.54) is 18.3 Å². The van der Waals surface area contributed by atoms with Gasteiger partial charge in [0, 0.05) is 25.0 Å². The highest BCUT2D eigenvalue weighted by molar-refractivity contribution is 5.93. The predicted molar refractivity (Wildman–Crippen MR) is 72.8 cm³/mol. The van der Waals surface area contributed by atoms with Crippen LogP contribution in [0.2, 0.25) is 0 Å². The molecule has 0 radical (unpaired) electrons. The summed E-state index contributed by atoms with van der Waals surface area (Å²) >= 11 is 0. The Bertz CT molecular complexity index is 592. The molecule has 0 saturated carbocycles. The number of nitrogens with one attached hydrogen (secondary N) is 1. The second-order valence-corrected chi connectivity index (χ2v) is 4.63. The fourth-order valence-electron chi connectivity index (χ4n) is 1.94. The van der Waals surface area contributed by atoms with Crippen molar-refractivity contribution in [3.8, 4) is 0 Å². The molecule has 0 bridgehead atoms. The minimum absolute atomic E-state index is 0.245. The Morgan fingerprint density at radius 2 is 2.20 bits per heavy atom. The minimum Gasteiger partial charge on any atom is -0.352 e. The summed E-state index contributed by atoms with van der Waals surface area (Å²) in [4.78, 5) is 15.2. The largest absolute Gasteiger partial charge is 0.352 e. The monoisotopic (exact) mass is 276 g/mol. The molecular weight excluding hydrogens is 259 g/mol. The third kappa shape index (κ3) is 3.63. The summed E-state index contributed by atoms with van der Waals surface area (Å²) in [5.41, 5.74) is 2.46. The van der Waals surface area contributed by atoms with Crippen LogP contribution in [0.1, 0.15) is 28.2 Å². The second kappa shape index (κ2) is 6.27. The Balaban J connectivity index is 1.77. The maximum Gasteiger partial charge on any atom is 0.252 e. The molecule has 0 aromatic carbocycles. The molecule has 1 N–H and O–H groups in total. The van der Waals surface area contributed by atoms with Gasteiger partial charge in [0.15, 0.2) is 0 Å². The normalized spacial score (nSPS) is 10.6. The number of amides is 1. The summed E-state index contributed by atoms with van der Waals surface area (Å²) in [7, 11) is 0. The van der Waals surface area contributed by atoms with Crippen LogP contribution in [0.3, 0.4) is 0 Å². The van der Waals surface area contributed by atoms with Gasteiger partial charge in [0.1, 0.15) is 0 Å². The first-order valence-electron chi connectivity index (χ1n) is 6.47. The van der Waals surface area contributed by atoms with E-state index in [0.717, 1.165) is 24.4 Å². The molecular formula is C14H17FN4O. The molecule has 2 rings (SSSR count). The van der Waals surface area contributed by atoms with Crippen LogP contribution < -0.4 is 5.32 Å². The van der Waals surface area contributed by atoms with E-state index in [1.807, 2.05) is 24.6 Å². The van der Waals surface area contributed by atoms with E-state index >= 15 is 0 Å². The van der Waals surface area contributed by atoms with Crippen molar-refractivity contribution in [3.05, 3.63) is 47.3 Å². The van der Waals surface area contributed by atoms with E-state index < -0.39 is 5.95 Å². The smallest absolute Gasteiger partial charge is 0.252 e. The molecule has 6 heteroatoms. The number of carbonyl (C=O) groups is 1. The topological polar surface area (TPSA) is 59.8 Å². The van der Waals surface area contributed by atoms with Crippen LogP contribution in [-0.4, -0.2) is 27.2 Å². The number of hydrogen-bond acceptors (Lipinski definition) is 3. The summed E-state index contributed by atoms with van der Waals surface area (Å²) in [5, 5.41) is 7.12. The zero-order chi connectivity index (χ0) is 14.5. The van der Waals surface area contributed by atoms with E-state index in [9.17, 15) is 9.18 Å². The Morgan fingerprint density at radius 1 is 1.40 bits per heavy atom. The number of carbonyl (C=O) groups excluding carboxylic acids is 1. The average Bonchev–Trinajstić information content (AvgIpc) is 2.73. The van der Waals surface area contributed by atoms with Crippen LogP contribution in [-0.2, 0) is 6.54 Å². The highest BCUT2D eigenvalue weighted by Crippen LogP contribution is 2.02. The van der Waals surface area contributed by atoms with Gasteiger partial charge in [0.25, 0.3) is 5.91 Å². The van der Waals surface area contributed by atoms with Gasteiger partial charge in [0.05, 0.1) is 11.3 Å². The standard InChI is InChI=1S/C14H17FN4O/c1-10-8-11(2)19(18-10)7-3-6-16-14(20)12-4-5-13(15)17-9-12/h4-5,8-9H,3,6-7H2,1-2H3,(H,16,20). The lowest BCUT2D eigenvalue weighted by Crippen LogP contribution is -2.25. The molecule has 2 heterocycles. The third-order valence-electron chi connectivity index (χ3n) is 2.93. The average molecular weight is 276 g/mol. The fourth-order valence-corrected chi connectivity index (χ4v) is 1.94. The summed E-state index contributed by atoms with van der Waals surface area (Å²) in [5.74, 6) is -0.836. The first-order chi connectivity index (χ1) is 9.56. The first kappa shape index (κ1) is 14.2.